The van der Waals surface area contributed by atoms with E-state index in [1.54, 1.807) is 0 Å². The van der Waals surface area contributed by atoms with Gasteiger partial charge in [0.15, 0.2) is 5.03 Å². The van der Waals surface area contributed by atoms with Crippen molar-refractivity contribution in [2.45, 2.75) is 5.03 Å². The van der Waals surface area contributed by atoms with E-state index >= 15 is 0 Å². The maximum Gasteiger partial charge on any atom is 0.354 e. The molecule has 0 spiro atoms. The summed E-state index contributed by atoms with van der Waals surface area (Å²) in [6.07, 6.45) is 0. The van der Waals surface area contributed by atoms with Gasteiger partial charge in [-0.05, 0) is 20.2 Å². The molecule has 0 aliphatic rings. The van der Waals surface area contributed by atoms with Crippen LogP contribution in [0.1, 0.15) is 10.5 Å². The molecule has 0 aliphatic heterocycles. The molecule has 0 aliphatic carbocycles. The normalized spacial score (nSPS) is 10.6. The topological polar surface area (TPSA) is 96.6 Å². The molecule has 8 heteroatoms. The van der Waals surface area contributed by atoms with E-state index in [0.29, 0.717) is 5.75 Å². The molecule has 0 aromatic carbocycles. The summed E-state index contributed by atoms with van der Waals surface area (Å²) < 4.78 is 0. The van der Waals surface area contributed by atoms with Crippen LogP contribution in [0.5, 0.6) is 0 Å². The van der Waals surface area contributed by atoms with Gasteiger partial charge in [-0.2, -0.15) is 0 Å². The molecule has 0 fully saturated rings. The van der Waals surface area contributed by atoms with Gasteiger partial charge in [-0.25, -0.2) is 9.78 Å². The number of carboxylic acids is 1. The smallest absolute Gasteiger partial charge is 0.354 e. The number of carbonyl (C=O) groups is 1. The van der Waals surface area contributed by atoms with Crippen molar-refractivity contribution >= 4 is 23.4 Å². The molecule has 0 saturated carbocycles. The van der Waals surface area contributed by atoms with E-state index in [-0.39, 0.29) is 16.4 Å². The number of rotatable bonds is 6. The van der Waals surface area contributed by atoms with Crippen LogP contribution in [0, 0.1) is 10.1 Å². The molecule has 0 amide bonds. The minimum atomic E-state index is -1.20. The van der Waals surface area contributed by atoms with Gasteiger partial charge in [0.1, 0.15) is 5.69 Å². The van der Waals surface area contributed by atoms with Crippen LogP contribution in [-0.4, -0.2) is 52.3 Å². The molecule has 1 heterocycles. The number of thioether (sulfide) groups is 1. The summed E-state index contributed by atoms with van der Waals surface area (Å²) in [5.74, 6) is -0.594. The molecule has 98 valence electrons. The number of nitrogens with zero attached hydrogens (tertiary/aromatic N) is 3. The summed E-state index contributed by atoms with van der Waals surface area (Å²) in [4.78, 5) is 26.7. The summed E-state index contributed by atoms with van der Waals surface area (Å²) in [7, 11) is 3.77. The molecule has 1 aromatic heterocycles. The van der Waals surface area contributed by atoms with Crippen LogP contribution in [0.25, 0.3) is 0 Å². The highest BCUT2D eigenvalue weighted by atomic mass is 32.2. The van der Waals surface area contributed by atoms with Gasteiger partial charge in [-0.1, -0.05) is 11.8 Å². The van der Waals surface area contributed by atoms with Crippen LogP contribution in [0.2, 0.25) is 0 Å². The molecule has 18 heavy (non-hydrogen) atoms. The number of pyridine rings is 1. The van der Waals surface area contributed by atoms with Crippen molar-refractivity contribution in [3.05, 3.63) is 27.9 Å². The maximum atomic E-state index is 10.8. The quantitative estimate of drug-likeness (QED) is 0.473. The summed E-state index contributed by atoms with van der Waals surface area (Å²) in [5, 5.41) is 19.7. The molecule has 0 radical (unpaired) electrons. The maximum absolute atomic E-state index is 10.8. The predicted octanol–water partition coefficient (Wildman–Crippen LogP) is 1.34. The zero-order valence-corrected chi connectivity index (χ0v) is 10.8. The van der Waals surface area contributed by atoms with Crippen LogP contribution in [0.15, 0.2) is 17.2 Å². The lowest BCUT2D eigenvalue weighted by atomic mass is 10.3. The third-order valence-corrected chi connectivity index (χ3v) is 2.99. The van der Waals surface area contributed by atoms with Gasteiger partial charge in [-0.3, -0.25) is 10.1 Å². The van der Waals surface area contributed by atoms with E-state index in [4.69, 9.17) is 5.11 Å². The Balaban J connectivity index is 2.93. The standard InChI is InChI=1S/C10H13N3O4S/c1-12(2)5-6-18-9-8(13(16)17)4-3-7(11-9)10(14)15/h3-4H,5-6H2,1-2H3,(H,14,15). The largest absolute Gasteiger partial charge is 0.477 e. The van der Waals surface area contributed by atoms with Crippen LogP contribution < -0.4 is 0 Å². The van der Waals surface area contributed by atoms with E-state index < -0.39 is 10.9 Å². The molecule has 0 saturated heterocycles. The van der Waals surface area contributed by atoms with E-state index in [1.165, 1.54) is 17.8 Å². The second kappa shape index (κ2) is 6.31. The van der Waals surface area contributed by atoms with Gasteiger partial charge in [0.05, 0.1) is 4.92 Å². The van der Waals surface area contributed by atoms with Gasteiger partial charge in [-0.15, -0.1) is 0 Å². The van der Waals surface area contributed by atoms with Crippen LogP contribution in [0.3, 0.4) is 0 Å². The van der Waals surface area contributed by atoms with Crippen molar-refractivity contribution in [2.75, 3.05) is 26.4 Å². The fourth-order valence-corrected chi connectivity index (χ4v) is 2.23. The third-order valence-electron chi connectivity index (χ3n) is 2.03. The third kappa shape index (κ3) is 3.97. The second-order valence-electron chi connectivity index (χ2n) is 3.73. The zero-order valence-electron chi connectivity index (χ0n) is 9.99. The Kier molecular flexibility index (Phi) is 5.05. The number of hydrogen-bond donors (Lipinski definition) is 1. The van der Waals surface area contributed by atoms with Crippen molar-refractivity contribution in [1.82, 2.24) is 9.88 Å². The van der Waals surface area contributed by atoms with E-state index in [2.05, 4.69) is 4.98 Å². The lowest BCUT2D eigenvalue weighted by Gasteiger charge is -2.08. The minimum absolute atomic E-state index is 0.141. The number of carboxylic acid groups (broad SMARTS) is 1. The molecule has 0 atom stereocenters. The zero-order chi connectivity index (χ0) is 13.7. The van der Waals surface area contributed by atoms with E-state index in [1.807, 2.05) is 19.0 Å². The van der Waals surface area contributed by atoms with Gasteiger partial charge in [0.25, 0.3) is 0 Å². The van der Waals surface area contributed by atoms with Gasteiger partial charge < -0.3 is 10.0 Å². The van der Waals surface area contributed by atoms with E-state index in [9.17, 15) is 14.9 Å². The number of aromatic carboxylic acids is 1. The highest BCUT2D eigenvalue weighted by molar-refractivity contribution is 7.99. The van der Waals surface area contributed by atoms with E-state index in [0.717, 1.165) is 12.6 Å². The summed E-state index contributed by atoms with van der Waals surface area (Å²) in [5.41, 5.74) is -0.350. The highest BCUT2D eigenvalue weighted by Gasteiger charge is 2.18. The Bertz CT molecular complexity index is 464. The monoisotopic (exact) mass is 271 g/mol. The predicted molar refractivity (Wildman–Crippen MR) is 67.1 cm³/mol. The fourth-order valence-electron chi connectivity index (χ4n) is 1.12. The average Bonchev–Trinajstić information content (AvgIpc) is 2.27. The highest BCUT2D eigenvalue weighted by Crippen LogP contribution is 2.27. The van der Waals surface area contributed by atoms with Crippen LogP contribution >= 0.6 is 11.8 Å². The van der Waals surface area contributed by atoms with Gasteiger partial charge in [0.2, 0.25) is 0 Å². The molecular formula is C10H13N3O4S. The summed E-state index contributed by atoms with van der Waals surface area (Å²) in [6.45, 7) is 0.723. The minimum Gasteiger partial charge on any atom is -0.477 e. The van der Waals surface area contributed by atoms with Crippen LogP contribution in [-0.2, 0) is 0 Å². The number of nitro groups is 1. The molecule has 0 bridgehead atoms. The molecule has 7 nitrogen and oxygen atoms in total. The SMILES string of the molecule is CN(C)CCSc1nc(C(=O)O)ccc1[N+](=O)[O-]. The van der Waals surface area contributed by atoms with Crippen molar-refractivity contribution in [3.63, 3.8) is 0 Å². The average molecular weight is 271 g/mol. The first-order valence-electron chi connectivity index (χ1n) is 5.08. The molecule has 0 unspecified atom stereocenters. The van der Waals surface area contributed by atoms with Crippen molar-refractivity contribution in [3.8, 4) is 0 Å². The first kappa shape index (κ1) is 14.4. The second-order valence-corrected chi connectivity index (χ2v) is 4.82. The van der Waals surface area contributed by atoms with Gasteiger partial charge in [0, 0.05) is 18.4 Å². The molecular weight excluding hydrogens is 258 g/mol. The van der Waals surface area contributed by atoms with Crippen molar-refractivity contribution in [2.24, 2.45) is 0 Å². The summed E-state index contributed by atoms with van der Waals surface area (Å²) >= 11 is 1.18. The Hall–Kier alpha value is -1.67. The Morgan fingerprint density at radius 1 is 1.56 bits per heavy atom. The molecule has 1 aromatic rings. The lowest BCUT2D eigenvalue weighted by Crippen LogP contribution is -2.15. The fraction of sp³-hybridized carbons (Fsp3) is 0.400. The van der Waals surface area contributed by atoms with Crippen molar-refractivity contribution < 1.29 is 14.8 Å². The number of hydrogen-bond acceptors (Lipinski definition) is 6. The first-order valence-corrected chi connectivity index (χ1v) is 6.06. The Morgan fingerprint density at radius 3 is 2.72 bits per heavy atom. The molecule has 1 N–H and O–H groups in total. The number of aromatic nitrogens is 1. The lowest BCUT2D eigenvalue weighted by molar-refractivity contribution is -0.388. The van der Waals surface area contributed by atoms with Gasteiger partial charge >= 0.3 is 11.7 Å². The summed E-state index contributed by atoms with van der Waals surface area (Å²) in [6, 6.07) is 2.31. The Morgan fingerprint density at radius 2 is 2.22 bits per heavy atom. The van der Waals surface area contributed by atoms with Crippen molar-refractivity contribution in [1.29, 1.82) is 0 Å². The first-order chi connectivity index (χ1) is 8.41. The van der Waals surface area contributed by atoms with Crippen LogP contribution in [0.4, 0.5) is 5.69 Å². The Labute approximate surface area is 108 Å². The molecule has 1 rings (SSSR count).